The summed E-state index contributed by atoms with van der Waals surface area (Å²) < 4.78 is 0. The number of aromatic nitrogens is 2. The van der Waals surface area contributed by atoms with E-state index in [2.05, 4.69) is 15.1 Å². The normalized spacial score (nSPS) is 12.9. The van der Waals surface area contributed by atoms with Crippen LogP contribution in [0.3, 0.4) is 0 Å². The van der Waals surface area contributed by atoms with E-state index in [1.807, 2.05) is 20.0 Å². The molecule has 0 aromatic carbocycles. The number of imidazole rings is 1. The van der Waals surface area contributed by atoms with Crippen LogP contribution in [0.15, 0.2) is 22.7 Å². The van der Waals surface area contributed by atoms with E-state index in [1.54, 1.807) is 18.0 Å². The van der Waals surface area contributed by atoms with Crippen molar-refractivity contribution in [2.45, 2.75) is 38.3 Å². The van der Waals surface area contributed by atoms with Gasteiger partial charge in [-0.15, -0.1) is 0 Å². The van der Waals surface area contributed by atoms with Crippen molar-refractivity contribution in [3.05, 3.63) is 12.4 Å². The van der Waals surface area contributed by atoms with Crippen LogP contribution in [0.25, 0.3) is 0 Å². The van der Waals surface area contributed by atoms with Crippen LogP contribution in [-0.2, 0) is 0 Å². The number of nitrogens with two attached hydrogens (primary N) is 1. The Morgan fingerprint density at radius 3 is 2.94 bits per heavy atom. The number of rotatable bonds is 7. The summed E-state index contributed by atoms with van der Waals surface area (Å²) in [6, 6.07) is 0. The summed E-state index contributed by atoms with van der Waals surface area (Å²) in [6.07, 6.45) is 6.64. The average molecular weight is 256 g/mol. The predicted molar refractivity (Wildman–Crippen MR) is 70.4 cm³/mol. The number of thioether (sulfide) groups is 1. The van der Waals surface area contributed by atoms with Crippen molar-refractivity contribution in [2.75, 3.05) is 5.75 Å². The van der Waals surface area contributed by atoms with Crippen molar-refractivity contribution in [2.24, 2.45) is 16.3 Å². The van der Waals surface area contributed by atoms with Gasteiger partial charge < -0.3 is 15.9 Å². The molecule has 0 saturated heterocycles. The molecule has 1 heterocycles. The van der Waals surface area contributed by atoms with Crippen molar-refractivity contribution >= 4 is 17.6 Å². The van der Waals surface area contributed by atoms with Crippen molar-refractivity contribution in [3.8, 4) is 0 Å². The van der Waals surface area contributed by atoms with E-state index < -0.39 is 0 Å². The van der Waals surface area contributed by atoms with Crippen LogP contribution in [0.2, 0.25) is 0 Å². The fraction of sp³-hybridized carbons (Fsp3) is 0.636. The fourth-order valence-corrected chi connectivity index (χ4v) is 2.26. The largest absolute Gasteiger partial charge is 0.409 e. The second kappa shape index (κ2) is 6.54. The van der Waals surface area contributed by atoms with Crippen LogP contribution in [0.4, 0.5) is 0 Å². The highest BCUT2D eigenvalue weighted by Gasteiger charge is 2.22. The number of H-pyrrole nitrogens is 1. The summed E-state index contributed by atoms with van der Waals surface area (Å²) in [5.41, 5.74) is 5.39. The number of amidine groups is 1. The number of nitrogens with one attached hydrogen (secondary N) is 1. The van der Waals surface area contributed by atoms with Gasteiger partial charge in [-0.05, 0) is 12.8 Å². The van der Waals surface area contributed by atoms with E-state index in [9.17, 15) is 0 Å². The first-order chi connectivity index (χ1) is 8.06. The smallest absolute Gasteiger partial charge is 0.165 e. The van der Waals surface area contributed by atoms with Crippen LogP contribution in [-0.4, -0.2) is 26.8 Å². The van der Waals surface area contributed by atoms with E-state index in [-0.39, 0.29) is 5.41 Å². The maximum absolute atomic E-state index is 8.64. The van der Waals surface area contributed by atoms with Gasteiger partial charge in [-0.2, -0.15) is 0 Å². The Kier molecular flexibility index (Phi) is 5.34. The number of oxime groups is 1. The molecule has 4 N–H and O–H groups in total. The monoisotopic (exact) mass is 256 g/mol. The van der Waals surface area contributed by atoms with Gasteiger partial charge in [-0.1, -0.05) is 37.2 Å². The second-order valence-electron chi connectivity index (χ2n) is 4.57. The Morgan fingerprint density at radius 2 is 2.35 bits per heavy atom. The quantitative estimate of drug-likeness (QED) is 0.175. The van der Waals surface area contributed by atoms with E-state index in [4.69, 9.17) is 10.9 Å². The summed E-state index contributed by atoms with van der Waals surface area (Å²) in [5, 5.41) is 12.7. The lowest BCUT2D eigenvalue weighted by atomic mass is 9.86. The Labute approximate surface area is 106 Å². The Hall–Kier alpha value is -1.17. The Bertz CT molecular complexity index is 348. The maximum Gasteiger partial charge on any atom is 0.165 e. The van der Waals surface area contributed by atoms with Crippen LogP contribution in [0, 0.1) is 5.41 Å². The van der Waals surface area contributed by atoms with E-state index in [1.165, 1.54) is 0 Å². The minimum absolute atomic E-state index is 0.232. The van der Waals surface area contributed by atoms with E-state index >= 15 is 0 Å². The third-order valence-electron chi connectivity index (χ3n) is 2.71. The molecule has 96 valence electrons. The molecular weight excluding hydrogens is 236 g/mol. The van der Waals surface area contributed by atoms with Gasteiger partial charge in [0.05, 0.1) is 0 Å². The number of unbranched alkanes of at least 4 members (excludes halogenated alkanes) is 1. The Morgan fingerprint density at radius 1 is 1.59 bits per heavy atom. The number of hydrogen-bond donors (Lipinski definition) is 3. The molecule has 0 aliphatic rings. The third-order valence-corrected chi connectivity index (χ3v) is 3.70. The third kappa shape index (κ3) is 4.68. The standard InChI is InChI=1S/C11H20N4OS/c1-11(2,9(12)15-16)5-3-4-8-17-10-13-6-7-14-10/h6-7,16H,3-5,8H2,1-2H3,(H2,12,15)(H,13,14). The molecule has 1 aromatic heterocycles. The van der Waals surface area contributed by atoms with Gasteiger partial charge in [0.15, 0.2) is 5.16 Å². The zero-order valence-corrected chi connectivity index (χ0v) is 11.1. The molecule has 1 aromatic rings. The fourth-order valence-electron chi connectivity index (χ4n) is 1.43. The molecule has 0 aliphatic heterocycles. The van der Waals surface area contributed by atoms with Crippen LogP contribution >= 0.6 is 11.8 Å². The molecule has 0 amide bonds. The lowest BCUT2D eigenvalue weighted by Crippen LogP contribution is -2.31. The molecular formula is C11H20N4OS. The van der Waals surface area contributed by atoms with Gasteiger partial charge in [-0.3, -0.25) is 0 Å². The molecule has 0 radical (unpaired) electrons. The second-order valence-corrected chi connectivity index (χ2v) is 5.65. The molecule has 0 bridgehead atoms. The van der Waals surface area contributed by atoms with E-state index in [0.717, 1.165) is 30.2 Å². The molecule has 1 rings (SSSR count). The molecule has 0 aliphatic carbocycles. The van der Waals surface area contributed by atoms with Crippen molar-refractivity contribution < 1.29 is 5.21 Å². The first-order valence-electron chi connectivity index (χ1n) is 5.66. The number of aromatic amines is 1. The van der Waals surface area contributed by atoms with Gasteiger partial charge in [0.25, 0.3) is 0 Å². The lowest BCUT2D eigenvalue weighted by Gasteiger charge is -2.22. The minimum atomic E-state index is -0.232. The first kappa shape index (κ1) is 13.9. The molecule has 0 fully saturated rings. The summed E-state index contributed by atoms with van der Waals surface area (Å²) in [5.74, 6) is 1.33. The van der Waals surface area contributed by atoms with Crippen molar-refractivity contribution in [1.82, 2.24) is 9.97 Å². The molecule has 6 heteroatoms. The zero-order valence-electron chi connectivity index (χ0n) is 10.3. The van der Waals surface area contributed by atoms with Gasteiger partial charge in [0.1, 0.15) is 5.84 Å². The van der Waals surface area contributed by atoms with Gasteiger partial charge in [0, 0.05) is 23.6 Å². The maximum atomic E-state index is 8.64. The highest BCUT2D eigenvalue weighted by atomic mass is 32.2. The highest BCUT2D eigenvalue weighted by Crippen LogP contribution is 2.24. The number of hydrogen-bond acceptors (Lipinski definition) is 4. The van der Waals surface area contributed by atoms with Crippen molar-refractivity contribution in [1.29, 1.82) is 0 Å². The SMILES string of the molecule is CC(C)(CCCCSc1ncc[nH]1)/C(N)=N/O. The molecule has 0 spiro atoms. The van der Waals surface area contributed by atoms with E-state index in [0.29, 0.717) is 5.84 Å². The highest BCUT2D eigenvalue weighted by molar-refractivity contribution is 7.99. The minimum Gasteiger partial charge on any atom is -0.409 e. The van der Waals surface area contributed by atoms with Crippen molar-refractivity contribution in [3.63, 3.8) is 0 Å². The molecule has 0 atom stereocenters. The molecule has 17 heavy (non-hydrogen) atoms. The van der Waals surface area contributed by atoms with Crippen LogP contribution in [0.1, 0.15) is 33.1 Å². The van der Waals surface area contributed by atoms with Crippen LogP contribution < -0.4 is 5.73 Å². The van der Waals surface area contributed by atoms with Gasteiger partial charge in [0.2, 0.25) is 0 Å². The predicted octanol–water partition coefficient (Wildman–Crippen LogP) is 2.44. The average Bonchev–Trinajstić information content (AvgIpc) is 2.80. The first-order valence-corrected chi connectivity index (χ1v) is 6.65. The number of nitrogens with zero attached hydrogens (tertiary/aromatic N) is 2. The molecule has 0 unspecified atom stereocenters. The summed E-state index contributed by atoms with van der Waals surface area (Å²) in [4.78, 5) is 7.19. The molecule has 0 saturated carbocycles. The zero-order chi connectivity index (χ0) is 12.7. The topological polar surface area (TPSA) is 87.3 Å². The van der Waals surface area contributed by atoms with Gasteiger partial charge >= 0.3 is 0 Å². The Balaban J connectivity index is 2.16. The molecule has 5 nitrogen and oxygen atoms in total. The van der Waals surface area contributed by atoms with Gasteiger partial charge in [-0.25, -0.2) is 4.98 Å². The summed E-state index contributed by atoms with van der Waals surface area (Å²) in [6.45, 7) is 3.98. The summed E-state index contributed by atoms with van der Waals surface area (Å²) in [7, 11) is 0. The lowest BCUT2D eigenvalue weighted by molar-refractivity contribution is 0.304. The summed E-state index contributed by atoms with van der Waals surface area (Å²) >= 11 is 1.71. The van der Waals surface area contributed by atoms with Crippen LogP contribution in [0.5, 0.6) is 0 Å².